The van der Waals surface area contributed by atoms with Gasteiger partial charge in [-0.15, -0.1) is 0 Å². The van der Waals surface area contributed by atoms with E-state index >= 15 is 0 Å². The first-order valence-electron chi connectivity index (χ1n) is 10.1. The molecule has 0 saturated carbocycles. The van der Waals surface area contributed by atoms with E-state index in [-0.39, 0.29) is 17.8 Å². The zero-order valence-electron chi connectivity index (χ0n) is 16.9. The van der Waals surface area contributed by atoms with Crippen LogP contribution in [0.3, 0.4) is 0 Å². The van der Waals surface area contributed by atoms with E-state index in [0.29, 0.717) is 11.4 Å². The van der Waals surface area contributed by atoms with Crippen molar-refractivity contribution >= 4 is 21.8 Å². The molecule has 31 heavy (non-hydrogen) atoms. The van der Waals surface area contributed by atoms with Gasteiger partial charge < -0.3 is 9.84 Å². The van der Waals surface area contributed by atoms with E-state index < -0.39 is 0 Å². The molecule has 5 rings (SSSR count). The molecule has 1 N–H and O–H groups in total. The van der Waals surface area contributed by atoms with Crippen LogP contribution in [0.1, 0.15) is 46.4 Å². The third kappa shape index (κ3) is 3.90. The highest BCUT2D eigenvalue weighted by molar-refractivity contribution is 9.10. The molecular formula is C23H20BrN5O2. The number of amides is 1. The Labute approximate surface area is 187 Å². The number of nitrogens with zero attached hydrogens (tertiary/aromatic N) is 4. The lowest BCUT2D eigenvalue weighted by Crippen LogP contribution is -2.31. The molecule has 4 aromatic rings. The fourth-order valence-electron chi connectivity index (χ4n) is 3.95. The summed E-state index contributed by atoms with van der Waals surface area (Å²) in [5.41, 5.74) is 4.82. The van der Waals surface area contributed by atoms with Crippen molar-refractivity contribution in [1.29, 1.82) is 0 Å². The van der Waals surface area contributed by atoms with Gasteiger partial charge in [0.2, 0.25) is 5.82 Å². The molecule has 0 spiro atoms. The van der Waals surface area contributed by atoms with Crippen molar-refractivity contribution in [3.63, 3.8) is 0 Å². The van der Waals surface area contributed by atoms with Crippen LogP contribution < -0.4 is 5.32 Å². The predicted molar refractivity (Wildman–Crippen MR) is 119 cm³/mol. The molecule has 1 aliphatic rings. The molecule has 7 nitrogen and oxygen atoms in total. The SMILES string of the molecule is Cc1nn(-c2ccc(Br)cc2)cc1-c1noc(C(=O)N[C@@H]2CCCc3ccccc32)n1. The van der Waals surface area contributed by atoms with Gasteiger partial charge in [-0.1, -0.05) is 45.4 Å². The molecular weight excluding hydrogens is 458 g/mol. The Balaban J connectivity index is 1.36. The third-order valence-corrected chi connectivity index (χ3v) is 6.05. The number of aryl methyl sites for hydroxylation is 2. The van der Waals surface area contributed by atoms with Crippen LogP contribution in [-0.4, -0.2) is 25.8 Å². The van der Waals surface area contributed by atoms with Crippen molar-refractivity contribution in [1.82, 2.24) is 25.2 Å². The summed E-state index contributed by atoms with van der Waals surface area (Å²) in [6.07, 6.45) is 4.80. The van der Waals surface area contributed by atoms with Gasteiger partial charge in [0, 0.05) is 10.7 Å². The minimum Gasteiger partial charge on any atom is -0.341 e. The summed E-state index contributed by atoms with van der Waals surface area (Å²) in [6, 6.07) is 16.0. The molecule has 2 aromatic heterocycles. The fraction of sp³-hybridized carbons (Fsp3) is 0.217. The molecule has 0 saturated heterocycles. The van der Waals surface area contributed by atoms with Gasteiger partial charge in [0.15, 0.2) is 0 Å². The van der Waals surface area contributed by atoms with Crippen LogP contribution in [0.15, 0.2) is 63.7 Å². The van der Waals surface area contributed by atoms with Crippen LogP contribution in [0.4, 0.5) is 0 Å². The fourth-order valence-corrected chi connectivity index (χ4v) is 4.22. The zero-order chi connectivity index (χ0) is 21.4. The molecule has 0 bridgehead atoms. The Morgan fingerprint density at radius 1 is 1.19 bits per heavy atom. The minimum absolute atomic E-state index is 0.0466. The number of benzene rings is 2. The Morgan fingerprint density at radius 2 is 2.00 bits per heavy atom. The van der Waals surface area contributed by atoms with Gasteiger partial charge in [-0.3, -0.25) is 4.79 Å². The molecule has 0 fully saturated rings. The van der Waals surface area contributed by atoms with Gasteiger partial charge in [-0.25, -0.2) is 4.68 Å². The average Bonchev–Trinajstić information content (AvgIpc) is 3.41. The lowest BCUT2D eigenvalue weighted by Gasteiger charge is -2.25. The summed E-state index contributed by atoms with van der Waals surface area (Å²) < 4.78 is 8.03. The molecule has 0 unspecified atom stereocenters. The topological polar surface area (TPSA) is 85.8 Å². The Bertz CT molecular complexity index is 1250. The van der Waals surface area contributed by atoms with Gasteiger partial charge in [-0.2, -0.15) is 10.1 Å². The van der Waals surface area contributed by atoms with E-state index in [1.807, 2.05) is 49.5 Å². The number of carbonyl (C=O) groups excluding carboxylic acids is 1. The van der Waals surface area contributed by atoms with Crippen molar-refractivity contribution in [3.05, 3.63) is 81.9 Å². The van der Waals surface area contributed by atoms with Crippen molar-refractivity contribution < 1.29 is 9.32 Å². The van der Waals surface area contributed by atoms with E-state index in [2.05, 4.69) is 48.6 Å². The largest absolute Gasteiger partial charge is 0.341 e. The van der Waals surface area contributed by atoms with Gasteiger partial charge in [-0.05, 0) is 61.6 Å². The van der Waals surface area contributed by atoms with Gasteiger partial charge in [0.1, 0.15) is 0 Å². The Kier molecular flexibility index (Phi) is 5.15. The van der Waals surface area contributed by atoms with Crippen LogP contribution in [0.5, 0.6) is 0 Å². The standard InChI is InChI=1S/C23H20BrN5O2/c1-14-19(13-29(27-14)17-11-9-16(24)10-12-17)21-26-23(31-28-21)22(30)25-20-8-4-6-15-5-2-3-7-18(15)20/h2-3,5,7,9-13,20H,4,6,8H2,1H3,(H,25,30)/t20-/m1/s1. The second-order valence-corrected chi connectivity index (χ2v) is 8.51. The van der Waals surface area contributed by atoms with Crippen molar-refractivity contribution in [2.24, 2.45) is 0 Å². The van der Waals surface area contributed by atoms with E-state index in [4.69, 9.17) is 4.52 Å². The third-order valence-electron chi connectivity index (χ3n) is 5.53. The Morgan fingerprint density at radius 3 is 2.84 bits per heavy atom. The normalized spacial score (nSPS) is 15.5. The summed E-state index contributed by atoms with van der Waals surface area (Å²) in [7, 11) is 0. The minimum atomic E-state index is -0.363. The van der Waals surface area contributed by atoms with Crippen LogP contribution in [0.25, 0.3) is 17.1 Å². The van der Waals surface area contributed by atoms with E-state index in [9.17, 15) is 4.79 Å². The predicted octanol–water partition coefficient (Wildman–Crippen LogP) is 4.80. The first-order chi connectivity index (χ1) is 15.1. The van der Waals surface area contributed by atoms with Gasteiger partial charge >= 0.3 is 11.8 Å². The van der Waals surface area contributed by atoms with E-state index in [1.165, 1.54) is 5.56 Å². The molecule has 0 aliphatic heterocycles. The molecule has 1 aliphatic carbocycles. The van der Waals surface area contributed by atoms with Gasteiger partial charge in [0.05, 0.1) is 23.0 Å². The maximum Gasteiger partial charge on any atom is 0.316 e. The van der Waals surface area contributed by atoms with E-state index in [0.717, 1.165) is 40.7 Å². The molecule has 8 heteroatoms. The molecule has 1 amide bonds. The van der Waals surface area contributed by atoms with Crippen molar-refractivity contribution in [3.8, 4) is 17.1 Å². The summed E-state index contributed by atoms with van der Waals surface area (Å²) in [6.45, 7) is 1.87. The van der Waals surface area contributed by atoms with Gasteiger partial charge in [0.25, 0.3) is 0 Å². The lowest BCUT2D eigenvalue weighted by molar-refractivity contribution is 0.0888. The summed E-state index contributed by atoms with van der Waals surface area (Å²) >= 11 is 3.44. The van der Waals surface area contributed by atoms with Crippen LogP contribution >= 0.6 is 15.9 Å². The smallest absolute Gasteiger partial charge is 0.316 e. The van der Waals surface area contributed by atoms with Crippen LogP contribution in [0, 0.1) is 6.92 Å². The Hall–Kier alpha value is -3.26. The lowest BCUT2D eigenvalue weighted by atomic mass is 9.88. The zero-order valence-corrected chi connectivity index (χ0v) is 18.5. The second-order valence-electron chi connectivity index (χ2n) is 7.59. The number of halogens is 1. The number of fused-ring (bicyclic) bond motifs is 1. The monoisotopic (exact) mass is 477 g/mol. The summed E-state index contributed by atoms with van der Waals surface area (Å²) in [4.78, 5) is 17.1. The highest BCUT2D eigenvalue weighted by Crippen LogP contribution is 2.30. The first-order valence-corrected chi connectivity index (χ1v) is 10.9. The van der Waals surface area contributed by atoms with E-state index in [1.54, 1.807) is 4.68 Å². The van der Waals surface area contributed by atoms with Crippen molar-refractivity contribution in [2.45, 2.75) is 32.2 Å². The maximum absolute atomic E-state index is 12.8. The summed E-state index contributed by atoms with van der Waals surface area (Å²) in [5.74, 6) is -0.0673. The average molecular weight is 478 g/mol. The number of aromatic nitrogens is 4. The quantitative estimate of drug-likeness (QED) is 0.456. The number of hydrogen-bond donors (Lipinski definition) is 1. The van der Waals surface area contributed by atoms with Crippen LogP contribution in [-0.2, 0) is 6.42 Å². The second kappa shape index (κ2) is 8.11. The molecule has 0 radical (unpaired) electrons. The number of rotatable bonds is 4. The molecule has 2 aromatic carbocycles. The van der Waals surface area contributed by atoms with Crippen molar-refractivity contribution in [2.75, 3.05) is 0 Å². The maximum atomic E-state index is 12.8. The number of carbonyl (C=O) groups is 1. The highest BCUT2D eigenvalue weighted by atomic mass is 79.9. The summed E-state index contributed by atoms with van der Waals surface area (Å²) in [5, 5.41) is 11.6. The van der Waals surface area contributed by atoms with Crippen LogP contribution in [0.2, 0.25) is 0 Å². The number of hydrogen-bond acceptors (Lipinski definition) is 5. The molecule has 1 atom stereocenters. The highest BCUT2D eigenvalue weighted by Gasteiger charge is 2.25. The first kappa shape index (κ1) is 19.7. The number of nitrogens with one attached hydrogen (secondary N) is 1. The molecule has 2 heterocycles. The molecule has 156 valence electrons.